The van der Waals surface area contributed by atoms with Crippen molar-refractivity contribution >= 4 is 35.2 Å². The molecule has 10 heteroatoms. The number of benzene rings is 2. The van der Waals surface area contributed by atoms with Gasteiger partial charge in [-0.25, -0.2) is 0 Å². The zero-order valence-electron chi connectivity index (χ0n) is 18.1. The fraction of sp³-hybridized carbons (Fsp3) is 0.125. The first-order valence-corrected chi connectivity index (χ1v) is 11.8. The summed E-state index contributed by atoms with van der Waals surface area (Å²) < 4.78 is 8.01. The van der Waals surface area contributed by atoms with Gasteiger partial charge in [-0.15, -0.1) is 15.3 Å². The molecule has 0 saturated carbocycles. The van der Waals surface area contributed by atoms with Crippen molar-refractivity contribution in [3.8, 4) is 17.1 Å². The molecule has 34 heavy (non-hydrogen) atoms. The number of hydrazone groups is 1. The van der Waals surface area contributed by atoms with Gasteiger partial charge in [0, 0.05) is 41.2 Å². The van der Waals surface area contributed by atoms with Crippen LogP contribution in [0.3, 0.4) is 0 Å². The predicted molar refractivity (Wildman–Crippen MR) is 131 cm³/mol. The summed E-state index contributed by atoms with van der Waals surface area (Å²) in [5.41, 5.74) is 2.61. The zero-order valence-corrected chi connectivity index (χ0v) is 19.6. The largest absolute Gasteiger partial charge is 0.449 e. The SMILES string of the molecule is CC(=O)N1N=C(CSc2nnc(-c3ccc(Cl)cc3)n2-c2ccccc2)OC1c1ccncc1. The molecule has 1 atom stereocenters. The number of halogens is 1. The van der Waals surface area contributed by atoms with Gasteiger partial charge in [0.2, 0.25) is 18.0 Å². The number of para-hydroxylation sites is 1. The number of pyridine rings is 1. The summed E-state index contributed by atoms with van der Waals surface area (Å²) in [5, 5.41) is 15.9. The fourth-order valence-corrected chi connectivity index (χ4v) is 4.42. The van der Waals surface area contributed by atoms with Gasteiger partial charge in [0.25, 0.3) is 0 Å². The summed E-state index contributed by atoms with van der Waals surface area (Å²) >= 11 is 7.49. The third-order valence-corrected chi connectivity index (χ3v) is 6.24. The monoisotopic (exact) mass is 490 g/mol. The summed E-state index contributed by atoms with van der Waals surface area (Å²) in [7, 11) is 0. The first kappa shape index (κ1) is 22.1. The normalized spacial score (nSPS) is 15.2. The first-order valence-electron chi connectivity index (χ1n) is 10.4. The smallest absolute Gasteiger partial charge is 0.243 e. The molecule has 170 valence electrons. The van der Waals surface area contributed by atoms with Gasteiger partial charge in [0.05, 0.1) is 5.75 Å². The minimum atomic E-state index is -0.618. The van der Waals surface area contributed by atoms with E-state index in [2.05, 4.69) is 20.3 Å². The van der Waals surface area contributed by atoms with E-state index in [0.29, 0.717) is 27.7 Å². The Balaban J connectivity index is 1.42. The maximum atomic E-state index is 12.2. The van der Waals surface area contributed by atoms with Crippen molar-refractivity contribution in [2.45, 2.75) is 18.3 Å². The van der Waals surface area contributed by atoms with E-state index in [1.807, 2.05) is 59.2 Å². The molecule has 3 heterocycles. The van der Waals surface area contributed by atoms with Gasteiger partial charge in [0.15, 0.2) is 11.0 Å². The van der Waals surface area contributed by atoms with E-state index in [9.17, 15) is 4.79 Å². The molecule has 1 amide bonds. The van der Waals surface area contributed by atoms with Crippen LogP contribution >= 0.6 is 23.4 Å². The Kier molecular flexibility index (Phi) is 6.29. The molecule has 2 aromatic carbocycles. The Morgan fingerprint density at radius 3 is 2.47 bits per heavy atom. The zero-order chi connectivity index (χ0) is 23.5. The molecule has 1 aliphatic heterocycles. The number of nitrogens with zero attached hydrogens (tertiary/aromatic N) is 6. The molecule has 0 N–H and O–H groups in total. The number of carbonyl (C=O) groups is 1. The van der Waals surface area contributed by atoms with E-state index >= 15 is 0 Å². The number of hydrogen-bond donors (Lipinski definition) is 0. The summed E-state index contributed by atoms with van der Waals surface area (Å²) in [6.07, 6.45) is 2.70. The van der Waals surface area contributed by atoms with Gasteiger partial charge >= 0.3 is 0 Å². The van der Waals surface area contributed by atoms with Gasteiger partial charge in [-0.1, -0.05) is 41.6 Å². The van der Waals surface area contributed by atoms with E-state index in [1.54, 1.807) is 24.5 Å². The average Bonchev–Trinajstić information content (AvgIpc) is 3.49. The summed E-state index contributed by atoms with van der Waals surface area (Å²) in [6, 6.07) is 20.9. The number of ether oxygens (including phenoxy) is 1. The highest BCUT2D eigenvalue weighted by Gasteiger charge is 2.32. The molecule has 8 nitrogen and oxygen atoms in total. The molecule has 0 radical (unpaired) electrons. The first-order chi connectivity index (χ1) is 16.6. The van der Waals surface area contributed by atoms with Gasteiger partial charge < -0.3 is 4.74 Å². The van der Waals surface area contributed by atoms with Crippen molar-refractivity contribution < 1.29 is 9.53 Å². The maximum Gasteiger partial charge on any atom is 0.243 e. The Bertz CT molecular complexity index is 1330. The molecular formula is C24H19ClN6O2S. The average molecular weight is 491 g/mol. The van der Waals surface area contributed by atoms with Crippen LogP contribution in [0.2, 0.25) is 5.02 Å². The molecule has 4 aromatic rings. The van der Waals surface area contributed by atoms with Crippen LogP contribution in [0.4, 0.5) is 0 Å². The Labute approximate surface area is 205 Å². The van der Waals surface area contributed by atoms with Crippen LogP contribution in [-0.2, 0) is 9.53 Å². The quantitative estimate of drug-likeness (QED) is 0.355. The van der Waals surface area contributed by atoms with Gasteiger partial charge in [-0.05, 0) is 48.5 Å². The van der Waals surface area contributed by atoms with Crippen LogP contribution < -0.4 is 0 Å². The van der Waals surface area contributed by atoms with E-state index in [-0.39, 0.29) is 5.91 Å². The van der Waals surface area contributed by atoms with E-state index < -0.39 is 6.23 Å². The number of hydrogen-bond acceptors (Lipinski definition) is 7. The summed E-state index contributed by atoms with van der Waals surface area (Å²) in [6.45, 7) is 1.46. The van der Waals surface area contributed by atoms with Crippen LogP contribution in [0, 0.1) is 0 Å². The highest BCUT2D eigenvalue weighted by Crippen LogP contribution is 2.32. The molecule has 2 aromatic heterocycles. The lowest BCUT2D eigenvalue weighted by Gasteiger charge is -2.18. The number of carbonyl (C=O) groups excluding carboxylic acids is 1. The molecule has 1 aliphatic rings. The van der Waals surface area contributed by atoms with Crippen molar-refractivity contribution in [2.75, 3.05) is 5.75 Å². The second-order valence-electron chi connectivity index (χ2n) is 7.38. The second kappa shape index (κ2) is 9.66. The number of aromatic nitrogens is 4. The Hall–Kier alpha value is -3.69. The minimum absolute atomic E-state index is 0.209. The summed E-state index contributed by atoms with van der Waals surface area (Å²) in [5.74, 6) is 1.29. The van der Waals surface area contributed by atoms with Gasteiger partial charge in [-0.2, -0.15) is 5.01 Å². The molecule has 0 fully saturated rings. The van der Waals surface area contributed by atoms with Gasteiger partial charge in [0.1, 0.15) is 0 Å². The molecule has 5 rings (SSSR count). The topological polar surface area (TPSA) is 85.5 Å². The predicted octanol–water partition coefficient (Wildman–Crippen LogP) is 4.97. The molecule has 0 spiro atoms. The molecule has 0 saturated heterocycles. The molecule has 1 unspecified atom stereocenters. The lowest BCUT2D eigenvalue weighted by atomic mass is 10.2. The van der Waals surface area contributed by atoms with Crippen LogP contribution in [0.25, 0.3) is 17.1 Å². The van der Waals surface area contributed by atoms with Crippen LogP contribution in [-0.4, -0.2) is 42.3 Å². The van der Waals surface area contributed by atoms with Crippen molar-refractivity contribution in [1.29, 1.82) is 0 Å². The molecule has 0 bridgehead atoms. The van der Waals surface area contributed by atoms with E-state index in [1.165, 1.54) is 23.7 Å². The number of rotatable bonds is 6. The summed E-state index contributed by atoms with van der Waals surface area (Å²) in [4.78, 5) is 16.2. The lowest BCUT2D eigenvalue weighted by Crippen LogP contribution is -2.25. The van der Waals surface area contributed by atoms with E-state index in [0.717, 1.165) is 16.8 Å². The van der Waals surface area contributed by atoms with Crippen molar-refractivity contribution in [3.63, 3.8) is 0 Å². The standard InChI is InChI=1S/C24H19ClN6O2S/c1-16(32)31-23(18-11-13-26-14-12-18)33-21(29-31)15-34-24-28-27-22(17-7-9-19(25)10-8-17)30(24)20-5-3-2-4-6-20/h2-14,23H,15H2,1H3. The number of thioether (sulfide) groups is 1. The minimum Gasteiger partial charge on any atom is -0.449 e. The molecule has 0 aliphatic carbocycles. The van der Waals surface area contributed by atoms with Crippen molar-refractivity contribution in [3.05, 3.63) is 89.7 Å². The third-order valence-electron chi connectivity index (χ3n) is 5.08. The lowest BCUT2D eigenvalue weighted by molar-refractivity contribution is -0.135. The van der Waals surface area contributed by atoms with Crippen LogP contribution in [0.15, 0.2) is 89.4 Å². The number of amides is 1. The van der Waals surface area contributed by atoms with Crippen LogP contribution in [0.5, 0.6) is 0 Å². The highest BCUT2D eigenvalue weighted by atomic mass is 35.5. The fourth-order valence-electron chi connectivity index (χ4n) is 3.50. The van der Waals surface area contributed by atoms with Crippen LogP contribution in [0.1, 0.15) is 18.7 Å². The maximum absolute atomic E-state index is 12.2. The van der Waals surface area contributed by atoms with E-state index in [4.69, 9.17) is 16.3 Å². The Morgan fingerprint density at radius 2 is 1.76 bits per heavy atom. The second-order valence-corrected chi connectivity index (χ2v) is 8.76. The molecular weight excluding hydrogens is 472 g/mol. The Morgan fingerprint density at radius 1 is 1.03 bits per heavy atom. The van der Waals surface area contributed by atoms with Crippen molar-refractivity contribution in [2.24, 2.45) is 5.10 Å². The third kappa shape index (κ3) is 4.52. The van der Waals surface area contributed by atoms with Gasteiger partial charge in [-0.3, -0.25) is 14.3 Å². The highest BCUT2D eigenvalue weighted by molar-refractivity contribution is 7.99. The van der Waals surface area contributed by atoms with Crippen molar-refractivity contribution in [1.82, 2.24) is 24.8 Å².